The molecule has 2 N–H and O–H groups in total. The third-order valence-corrected chi connectivity index (χ3v) is 5.39. The second-order valence-corrected chi connectivity index (χ2v) is 7.82. The van der Waals surface area contributed by atoms with E-state index in [1.54, 1.807) is 16.8 Å². The van der Waals surface area contributed by atoms with Crippen LogP contribution in [0.25, 0.3) is 17.0 Å². The summed E-state index contributed by atoms with van der Waals surface area (Å²) in [7, 11) is 0. The Hall–Kier alpha value is -4.25. The van der Waals surface area contributed by atoms with Gasteiger partial charge in [0.05, 0.1) is 6.42 Å². The predicted molar refractivity (Wildman–Crippen MR) is 118 cm³/mol. The normalized spacial score (nSPS) is 11.0. The van der Waals surface area contributed by atoms with Crippen LogP contribution in [0.2, 0.25) is 0 Å². The molecule has 0 radical (unpaired) electrons. The van der Waals surface area contributed by atoms with E-state index >= 15 is 0 Å². The van der Waals surface area contributed by atoms with Crippen molar-refractivity contribution in [3.63, 3.8) is 0 Å². The third-order valence-electron chi connectivity index (χ3n) is 4.54. The van der Waals surface area contributed by atoms with Crippen molar-refractivity contribution in [1.29, 1.82) is 0 Å². The number of fused-ring (bicyclic) bond motifs is 1. The molecule has 0 spiro atoms. The van der Waals surface area contributed by atoms with Gasteiger partial charge < -0.3 is 10.4 Å². The highest BCUT2D eigenvalue weighted by atomic mass is 32.1. The molecule has 11 heteroatoms. The van der Waals surface area contributed by atoms with E-state index in [0.717, 1.165) is 11.2 Å². The number of aryl methyl sites for hydroxylation is 1. The van der Waals surface area contributed by atoms with Crippen molar-refractivity contribution in [3.05, 3.63) is 76.4 Å². The van der Waals surface area contributed by atoms with E-state index in [9.17, 15) is 4.79 Å². The molecule has 0 fully saturated rings. The number of pyridine rings is 1. The zero-order valence-corrected chi connectivity index (χ0v) is 17.6. The number of thiazole rings is 1. The standard InChI is InChI=1S/C21H16N8O2S/c1-12-4-2-5-13(23-12)19-27-20(15-6-3-9-29(15)28-19)26-16-7-8-22-17(25-16)10-18-24-14(11-32-18)21(30)31/h2-9,11H,10H2,1H3,(H,30,31)(H,22,25,26,27,28). The molecule has 5 aromatic rings. The molecule has 5 heterocycles. The summed E-state index contributed by atoms with van der Waals surface area (Å²) in [5.74, 6) is 1.08. The van der Waals surface area contributed by atoms with E-state index in [-0.39, 0.29) is 5.69 Å². The van der Waals surface area contributed by atoms with Gasteiger partial charge in [0.1, 0.15) is 27.9 Å². The summed E-state index contributed by atoms with van der Waals surface area (Å²) in [6, 6.07) is 11.2. The first-order chi connectivity index (χ1) is 15.5. The molecule has 0 amide bonds. The Bertz CT molecular complexity index is 1440. The topological polar surface area (TPSA) is 131 Å². The maximum atomic E-state index is 11.0. The van der Waals surface area contributed by atoms with Crippen LogP contribution in [0.4, 0.5) is 11.6 Å². The molecule has 0 aliphatic heterocycles. The average molecular weight is 444 g/mol. The summed E-state index contributed by atoms with van der Waals surface area (Å²) in [5, 5.41) is 19.0. The number of hydrogen-bond donors (Lipinski definition) is 2. The number of nitrogens with one attached hydrogen (secondary N) is 1. The Labute approximate surface area is 185 Å². The van der Waals surface area contributed by atoms with Gasteiger partial charge in [-0.05, 0) is 37.3 Å². The van der Waals surface area contributed by atoms with Crippen molar-refractivity contribution < 1.29 is 9.90 Å². The summed E-state index contributed by atoms with van der Waals surface area (Å²) in [6.07, 6.45) is 3.81. The third kappa shape index (κ3) is 4.01. The van der Waals surface area contributed by atoms with Crippen LogP contribution in [-0.4, -0.2) is 45.6 Å². The Kier molecular flexibility index (Phi) is 5.00. The number of rotatable bonds is 6. The van der Waals surface area contributed by atoms with Crippen molar-refractivity contribution in [2.45, 2.75) is 13.3 Å². The van der Waals surface area contributed by atoms with Gasteiger partial charge in [-0.2, -0.15) is 0 Å². The number of aromatic carboxylic acids is 1. The number of anilines is 2. The number of hydrogen-bond acceptors (Lipinski definition) is 9. The highest BCUT2D eigenvalue weighted by molar-refractivity contribution is 7.09. The van der Waals surface area contributed by atoms with Crippen molar-refractivity contribution in [3.8, 4) is 11.5 Å². The molecule has 0 atom stereocenters. The molecule has 0 aliphatic carbocycles. The fourth-order valence-corrected chi connectivity index (χ4v) is 3.87. The molecule has 0 unspecified atom stereocenters. The van der Waals surface area contributed by atoms with E-state index in [4.69, 9.17) is 5.11 Å². The van der Waals surface area contributed by atoms with Gasteiger partial charge in [0.25, 0.3) is 0 Å². The van der Waals surface area contributed by atoms with Crippen LogP contribution in [0.5, 0.6) is 0 Å². The molecular weight excluding hydrogens is 428 g/mol. The highest BCUT2D eigenvalue weighted by Crippen LogP contribution is 2.23. The van der Waals surface area contributed by atoms with E-state index in [0.29, 0.717) is 40.4 Å². The molecule has 0 saturated carbocycles. The quantitative estimate of drug-likeness (QED) is 0.404. The minimum atomic E-state index is -1.05. The highest BCUT2D eigenvalue weighted by Gasteiger charge is 2.13. The first kappa shape index (κ1) is 19.7. The van der Waals surface area contributed by atoms with Gasteiger partial charge in [0.2, 0.25) is 5.82 Å². The Morgan fingerprint density at radius 3 is 2.84 bits per heavy atom. The van der Waals surface area contributed by atoms with Crippen LogP contribution >= 0.6 is 11.3 Å². The summed E-state index contributed by atoms with van der Waals surface area (Å²) >= 11 is 1.26. The maximum absolute atomic E-state index is 11.0. The maximum Gasteiger partial charge on any atom is 0.355 e. The predicted octanol–water partition coefficient (Wildman–Crippen LogP) is 3.38. The lowest BCUT2D eigenvalue weighted by Gasteiger charge is -2.10. The zero-order valence-electron chi connectivity index (χ0n) is 16.8. The molecule has 5 rings (SSSR count). The second-order valence-electron chi connectivity index (χ2n) is 6.88. The summed E-state index contributed by atoms with van der Waals surface area (Å²) in [4.78, 5) is 33.1. The fourth-order valence-electron chi connectivity index (χ4n) is 3.10. The zero-order chi connectivity index (χ0) is 22.1. The van der Waals surface area contributed by atoms with Gasteiger partial charge in [0.15, 0.2) is 11.5 Å². The molecule has 0 bridgehead atoms. The minimum absolute atomic E-state index is 0.0215. The van der Waals surface area contributed by atoms with Gasteiger partial charge in [-0.15, -0.1) is 16.4 Å². The molecule has 0 aliphatic rings. The lowest BCUT2D eigenvalue weighted by molar-refractivity contribution is 0.0691. The van der Waals surface area contributed by atoms with Crippen molar-refractivity contribution in [1.82, 2.24) is 34.5 Å². The van der Waals surface area contributed by atoms with E-state index in [1.165, 1.54) is 16.7 Å². The van der Waals surface area contributed by atoms with Crippen LogP contribution in [0.1, 0.15) is 27.0 Å². The first-order valence-corrected chi connectivity index (χ1v) is 10.5. The molecular formula is C21H16N8O2S. The first-order valence-electron chi connectivity index (χ1n) is 9.61. The van der Waals surface area contributed by atoms with Crippen LogP contribution < -0.4 is 5.32 Å². The monoisotopic (exact) mass is 444 g/mol. The van der Waals surface area contributed by atoms with Gasteiger partial charge in [-0.25, -0.2) is 34.2 Å². The van der Waals surface area contributed by atoms with Gasteiger partial charge >= 0.3 is 5.97 Å². The Morgan fingerprint density at radius 2 is 2.03 bits per heavy atom. The number of aromatic nitrogens is 7. The summed E-state index contributed by atoms with van der Waals surface area (Å²) in [5.41, 5.74) is 2.35. The van der Waals surface area contributed by atoms with Crippen molar-refractivity contribution >= 4 is 34.5 Å². The smallest absolute Gasteiger partial charge is 0.355 e. The number of carbonyl (C=O) groups is 1. The van der Waals surface area contributed by atoms with E-state index < -0.39 is 5.97 Å². The van der Waals surface area contributed by atoms with Gasteiger partial charge in [-0.1, -0.05) is 6.07 Å². The average Bonchev–Trinajstić information content (AvgIpc) is 3.44. The molecule has 5 aromatic heterocycles. The molecule has 158 valence electrons. The van der Waals surface area contributed by atoms with Crippen LogP contribution in [0.15, 0.2) is 54.2 Å². The van der Waals surface area contributed by atoms with Crippen LogP contribution in [0, 0.1) is 6.92 Å². The number of carboxylic acid groups (broad SMARTS) is 1. The summed E-state index contributed by atoms with van der Waals surface area (Å²) < 4.78 is 1.74. The molecule has 32 heavy (non-hydrogen) atoms. The SMILES string of the molecule is Cc1cccc(-c2nc(Nc3ccnc(Cc4nc(C(=O)O)cs4)n3)c3cccn3n2)n1. The molecule has 0 aromatic carbocycles. The lowest BCUT2D eigenvalue weighted by Crippen LogP contribution is -2.06. The Balaban J connectivity index is 1.46. The molecule has 0 saturated heterocycles. The van der Waals surface area contributed by atoms with Crippen molar-refractivity contribution in [2.75, 3.05) is 5.32 Å². The number of carboxylic acids is 1. The van der Waals surface area contributed by atoms with Crippen LogP contribution in [-0.2, 0) is 6.42 Å². The van der Waals surface area contributed by atoms with E-state index in [1.807, 2.05) is 43.5 Å². The van der Waals surface area contributed by atoms with Crippen LogP contribution in [0.3, 0.4) is 0 Å². The lowest BCUT2D eigenvalue weighted by atomic mass is 10.3. The van der Waals surface area contributed by atoms with Gasteiger partial charge in [0, 0.05) is 23.5 Å². The largest absolute Gasteiger partial charge is 0.476 e. The molecule has 10 nitrogen and oxygen atoms in total. The Morgan fingerprint density at radius 1 is 1.12 bits per heavy atom. The summed E-state index contributed by atoms with van der Waals surface area (Å²) in [6.45, 7) is 1.92. The van der Waals surface area contributed by atoms with E-state index in [2.05, 4.69) is 35.3 Å². The van der Waals surface area contributed by atoms with Crippen molar-refractivity contribution in [2.24, 2.45) is 0 Å². The van der Waals surface area contributed by atoms with Gasteiger partial charge in [-0.3, -0.25) is 0 Å². The second kappa shape index (κ2) is 8.12. The fraction of sp³-hybridized carbons (Fsp3) is 0.0952. The minimum Gasteiger partial charge on any atom is -0.476 e. The number of nitrogens with zero attached hydrogens (tertiary/aromatic N) is 7.